The van der Waals surface area contributed by atoms with Gasteiger partial charge in [0.1, 0.15) is 0 Å². The fraction of sp³-hybridized carbons (Fsp3) is 0.667. The Morgan fingerprint density at radius 3 is 2.56 bits per heavy atom. The molecule has 2 heterocycles. The van der Waals surface area contributed by atoms with Gasteiger partial charge >= 0.3 is 242 Å². The van der Waals surface area contributed by atoms with Crippen LogP contribution in [-0.2, 0) is 34.0 Å². The molecule has 0 spiro atoms. The van der Waals surface area contributed by atoms with Crippen LogP contribution in [-0.4, -0.2) is 84.8 Å². The molecule has 0 aromatic carbocycles. The third-order valence-electron chi connectivity index (χ3n) is 5.35. The van der Waals surface area contributed by atoms with Gasteiger partial charge in [0.25, 0.3) is 0 Å². The van der Waals surface area contributed by atoms with Gasteiger partial charge in [-0.1, -0.05) is 0 Å². The molecule has 0 bridgehead atoms. The molecule has 1 aliphatic rings. The summed E-state index contributed by atoms with van der Waals surface area (Å²) < 4.78 is 67.0. The van der Waals surface area contributed by atoms with Crippen LogP contribution in [0.25, 0.3) is 0 Å². The fourth-order valence-electron chi connectivity index (χ4n) is 3.62. The van der Waals surface area contributed by atoms with Gasteiger partial charge in [0, 0.05) is 0 Å². The number of phosphoric ester groups is 1. The molecule has 18 nitrogen and oxygen atoms in total. The zero-order valence-corrected chi connectivity index (χ0v) is 25.8. The fourth-order valence-corrected chi connectivity index (χ4v) is 7.50. The molecule has 1 aliphatic heterocycles. The number of ether oxygens (including phenoxy) is 3. The van der Waals surface area contributed by atoms with Gasteiger partial charge in [0.15, 0.2) is 0 Å². The van der Waals surface area contributed by atoms with Gasteiger partial charge in [-0.2, -0.15) is 0 Å². The molecule has 1 aromatic rings. The first kappa shape index (κ1) is 35.3. The maximum atomic E-state index is 12.6. The van der Waals surface area contributed by atoms with Crippen molar-refractivity contribution >= 4 is 19.5 Å². The Bertz CT molecular complexity index is 1170. The Labute approximate surface area is 241 Å². The summed E-state index contributed by atoms with van der Waals surface area (Å²) in [5, 5.41) is 22.5. The van der Waals surface area contributed by atoms with Gasteiger partial charge in [0.05, 0.1) is 0 Å². The summed E-state index contributed by atoms with van der Waals surface area (Å²) in [6.07, 6.45) is -3.65. The molecule has 7 atom stereocenters. The molecule has 0 saturated carbocycles. The number of nitrogens with two attached hydrogens (primary N) is 1. The van der Waals surface area contributed by atoms with Crippen LogP contribution in [0.5, 0.6) is 0 Å². The first-order valence-corrected chi connectivity index (χ1v) is 17.4. The van der Waals surface area contributed by atoms with E-state index in [-0.39, 0.29) is 37.0 Å². The maximum absolute atomic E-state index is 12.6. The molecular weight excluding hydrogens is 690 g/mol. The molecule has 236 valence electrons. The molecule has 0 radical (unpaired) electrons. The molecule has 1 aromatic heterocycles. The molecule has 4 unspecified atom stereocenters. The monoisotopic (exact) mass is 726 g/mol. The van der Waals surface area contributed by atoms with Crippen molar-refractivity contribution in [3.05, 3.63) is 34.3 Å². The molecule has 0 fully saturated rings. The van der Waals surface area contributed by atoms with Crippen molar-refractivity contribution in [2.45, 2.75) is 64.7 Å². The number of amides is 1. The molecule has 7 N–H and O–H groups in total. The van der Waals surface area contributed by atoms with E-state index in [4.69, 9.17) is 23.0 Å². The molecule has 2 rings (SSSR count). The van der Waals surface area contributed by atoms with Crippen LogP contribution in [0.3, 0.4) is 0 Å². The molecule has 0 saturated heterocycles. The number of aliphatic hydroxyl groups is 2. The predicted octanol–water partition coefficient (Wildman–Crippen LogP) is -5.03. The Hall–Kier alpha value is -1.91. The molecule has 0 aliphatic carbocycles. The van der Waals surface area contributed by atoms with Crippen LogP contribution in [0.2, 0.25) is 0 Å². The Morgan fingerprint density at radius 1 is 1.32 bits per heavy atom. The average Bonchev–Trinajstić information content (AvgIpc) is 3.20. The second kappa shape index (κ2) is 15.5. The van der Waals surface area contributed by atoms with Gasteiger partial charge < -0.3 is 0 Å². The van der Waals surface area contributed by atoms with E-state index in [1.165, 1.54) is 12.3 Å². The number of nitrogen functional groups attached to an aromatic ring is 1. The Balaban J connectivity index is 2.13. The van der Waals surface area contributed by atoms with Crippen LogP contribution >= 0.6 is 7.82 Å². The van der Waals surface area contributed by atoms with E-state index in [0.29, 0.717) is 0 Å². The minimum absolute atomic E-state index is 0.0320. The summed E-state index contributed by atoms with van der Waals surface area (Å²) in [5.74, 6) is -0.764. The number of hydrogen-bond donors (Lipinski definition) is 6. The Morgan fingerprint density at radius 2 is 2.00 bits per heavy atom. The summed E-state index contributed by atoms with van der Waals surface area (Å²) in [6, 6.07) is 0.0815. The summed E-state index contributed by atoms with van der Waals surface area (Å²) in [5.41, 5.74) is 4.77. The van der Waals surface area contributed by atoms with E-state index < -0.39 is 83.3 Å². The summed E-state index contributed by atoms with van der Waals surface area (Å²) >= 11 is -6.17. The minimum atomic E-state index is -6.17. The van der Waals surface area contributed by atoms with Gasteiger partial charge in [-0.15, -0.1) is 0 Å². The molecular formula is C21H36IN4O14P. The number of nitrogens with one attached hydrogen (secondary N) is 1. The summed E-state index contributed by atoms with van der Waals surface area (Å²) in [6.45, 7) is 4.53. The van der Waals surface area contributed by atoms with Crippen molar-refractivity contribution in [3.8, 4) is 0 Å². The zero-order valence-electron chi connectivity index (χ0n) is 22.7. The second-order valence-electron chi connectivity index (χ2n) is 8.40. The summed E-state index contributed by atoms with van der Waals surface area (Å²) in [7, 11) is -5.30. The predicted molar refractivity (Wildman–Crippen MR) is 132 cm³/mol. The second-order valence-corrected chi connectivity index (χ2v) is 13.8. The van der Waals surface area contributed by atoms with Crippen LogP contribution in [0.4, 0.5) is 5.82 Å². The number of halogens is 1. The topological polar surface area (TPSA) is 266 Å². The van der Waals surface area contributed by atoms with E-state index in [0.717, 1.165) is 11.5 Å². The van der Waals surface area contributed by atoms with Gasteiger partial charge in [0.2, 0.25) is 0 Å². The number of hydrogen-bond acceptors (Lipinski definition) is 15. The average molecular weight is 726 g/mol. The van der Waals surface area contributed by atoms with E-state index in [2.05, 4.69) is 17.7 Å². The van der Waals surface area contributed by atoms with Crippen molar-refractivity contribution in [2.24, 2.45) is 0 Å². The van der Waals surface area contributed by atoms with Crippen LogP contribution < -0.4 is 40.3 Å². The third kappa shape index (κ3) is 10.4. The van der Waals surface area contributed by atoms with Gasteiger partial charge in [-0.05, 0) is 0 Å². The number of rotatable bonds is 17. The van der Waals surface area contributed by atoms with Crippen molar-refractivity contribution in [3.63, 3.8) is 0 Å². The van der Waals surface area contributed by atoms with Crippen molar-refractivity contribution < 1.29 is 76.1 Å². The van der Waals surface area contributed by atoms with Crippen molar-refractivity contribution in [2.75, 3.05) is 32.2 Å². The quantitative estimate of drug-likeness (QED) is 0.0648. The zero-order chi connectivity index (χ0) is 31.0. The van der Waals surface area contributed by atoms with Gasteiger partial charge in [-0.25, -0.2) is 0 Å². The normalized spacial score (nSPS) is 23.0. The van der Waals surface area contributed by atoms with E-state index in [1.807, 2.05) is 0 Å². The first-order chi connectivity index (χ1) is 19.1. The van der Waals surface area contributed by atoms with Crippen molar-refractivity contribution in [1.29, 1.82) is 0 Å². The SMILES string of the molecule is CCOC1=C(CO[I+]([O-])(O)OP(=O)(O)OCC(O)C(NC(C)=O)[C@H](O)CC)O[C@@H](n2ccc(N)nc2=O)[C@H]1OCC. The molecule has 41 heavy (non-hydrogen) atoms. The third-order valence-corrected chi connectivity index (χ3v) is 10.3. The Kier molecular flexibility index (Phi) is 13.4. The van der Waals surface area contributed by atoms with E-state index in [9.17, 15) is 36.1 Å². The molecule has 1 amide bonds. The number of nitrogens with zero attached hydrogens (tertiary/aromatic N) is 2. The van der Waals surface area contributed by atoms with Crippen LogP contribution in [0, 0.1) is 0 Å². The number of aliphatic hydroxyl groups excluding tert-OH is 2. The van der Waals surface area contributed by atoms with Gasteiger partial charge in [-0.3, -0.25) is 0 Å². The summed E-state index contributed by atoms with van der Waals surface area (Å²) in [4.78, 5) is 37.3. The van der Waals surface area contributed by atoms with E-state index >= 15 is 0 Å². The van der Waals surface area contributed by atoms with Crippen molar-refractivity contribution in [1.82, 2.24) is 14.9 Å². The number of carbonyl (C=O) groups excluding carboxylic acids is 1. The number of anilines is 1. The standard InChI is InChI=1S/C21H36IN4O14P/c1-5-13(28)17(24-12(4)27)14(29)10-38-41(33,34)40-22(31,32)37-11-15-18(35-6-2)19(36-7-3)20(39-15)26-9-8-16(23)25-21(26)30/h8-9,13-14,17,19-20,28-29,31H,5-7,10-11H2,1-4H3,(H,24,27)(H,33,34)(H2,23,25,30)/t13-,14?,17?,19+,20-/m1/s1. The number of aromatic nitrogens is 2. The number of phosphoric acid groups is 1. The van der Waals surface area contributed by atoms with Crippen LogP contribution in [0.1, 0.15) is 40.3 Å². The van der Waals surface area contributed by atoms with Crippen LogP contribution in [0.15, 0.2) is 28.6 Å². The first-order valence-electron chi connectivity index (χ1n) is 12.3. The van der Waals surface area contributed by atoms with E-state index in [1.54, 1.807) is 20.8 Å². The number of carbonyl (C=O) groups is 1. The molecule has 20 heteroatoms.